The number of nitrogens with one attached hydrogen (secondary N) is 2. The smallest absolute Gasteiger partial charge is 0.323 e. The summed E-state index contributed by atoms with van der Waals surface area (Å²) in [6.45, 7) is 1.94. The minimum absolute atomic E-state index is 0.0499. The number of aliphatic hydroxyl groups excluding tert-OH is 3. The van der Waals surface area contributed by atoms with E-state index in [0.717, 1.165) is 6.42 Å². The minimum atomic E-state index is -1.32. The number of carbonyl (C=O) groups is 1. The molecule has 0 aromatic rings. The first-order valence-electron chi connectivity index (χ1n) is 5.99. The van der Waals surface area contributed by atoms with E-state index >= 15 is 0 Å². The number of amides is 2. The third-order valence-corrected chi connectivity index (χ3v) is 2.56. The van der Waals surface area contributed by atoms with Crippen LogP contribution >= 0.6 is 0 Å². The van der Waals surface area contributed by atoms with Crippen LogP contribution in [0.15, 0.2) is 4.99 Å². The number of nitrogens with two attached hydrogens (primary N) is 1. The fourth-order valence-electron chi connectivity index (χ4n) is 1.57. The van der Waals surface area contributed by atoms with Crippen LogP contribution in [0.5, 0.6) is 0 Å². The second-order valence-corrected chi connectivity index (χ2v) is 4.12. The maximum absolute atomic E-state index is 11.5. The molecule has 1 aliphatic rings. The first kappa shape index (κ1) is 15.6. The van der Waals surface area contributed by atoms with E-state index in [1.165, 1.54) is 0 Å². The Labute approximate surface area is 110 Å². The van der Waals surface area contributed by atoms with Crippen molar-refractivity contribution in [2.24, 2.45) is 10.7 Å². The van der Waals surface area contributed by atoms with E-state index in [0.29, 0.717) is 6.54 Å². The van der Waals surface area contributed by atoms with Crippen LogP contribution in [0.2, 0.25) is 0 Å². The fourth-order valence-corrected chi connectivity index (χ4v) is 1.57. The summed E-state index contributed by atoms with van der Waals surface area (Å²) in [4.78, 5) is 15.4. The van der Waals surface area contributed by atoms with Gasteiger partial charge in [0.25, 0.3) is 0 Å². The van der Waals surface area contributed by atoms with Gasteiger partial charge in [-0.1, -0.05) is 6.92 Å². The van der Waals surface area contributed by atoms with E-state index in [4.69, 9.17) is 15.6 Å². The molecular formula is C10H20N4O5. The highest BCUT2D eigenvalue weighted by Gasteiger charge is 2.43. The second-order valence-electron chi connectivity index (χ2n) is 4.12. The Bertz CT molecular complexity index is 338. The van der Waals surface area contributed by atoms with Gasteiger partial charge in [-0.3, -0.25) is 10.3 Å². The minimum Gasteiger partial charge on any atom is -0.394 e. The molecule has 0 aromatic carbocycles. The Balaban J connectivity index is 2.45. The van der Waals surface area contributed by atoms with Crippen LogP contribution in [0.3, 0.4) is 0 Å². The quantitative estimate of drug-likeness (QED) is 0.246. The first-order chi connectivity index (χ1) is 8.99. The van der Waals surface area contributed by atoms with Crippen molar-refractivity contribution in [1.29, 1.82) is 0 Å². The van der Waals surface area contributed by atoms with Gasteiger partial charge in [-0.15, -0.1) is 0 Å². The van der Waals surface area contributed by atoms with Gasteiger partial charge in [-0.05, 0) is 6.42 Å². The van der Waals surface area contributed by atoms with Gasteiger partial charge in [0.2, 0.25) is 0 Å². The standard InChI is InChI=1S/C10H20N4O5/c1-2-3-12-9(11)14-10(18)13-8-7(17)6(16)5(4-15)19-8/h5-8,15-17H,2-4H2,1H3,(H4,11,12,13,14,18)/t5-,6-,7-,8-/m1/s1. The molecule has 0 saturated carbocycles. The number of rotatable bonds is 4. The number of ether oxygens (including phenoxy) is 1. The predicted octanol–water partition coefficient (Wildman–Crippen LogP) is -2.55. The summed E-state index contributed by atoms with van der Waals surface area (Å²) in [7, 11) is 0. The molecule has 1 saturated heterocycles. The number of guanidine groups is 1. The molecule has 1 heterocycles. The van der Waals surface area contributed by atoms with Crippen molar-refractivity contribution in [3.8, 4) is 0 Å². The van der Waals surface area contributed by atoms with Gasteiger partial charge in [0, 0.05) is 6.54 Å². The molecule has 9 heteroatoms. The van der Waals surface area contributed by atoms with Crippen LogP contribution in [0, 0.1) is 0 Å². The summed E-state index contributed by atoms with van der Waals surface area (Å²) in [5.41, 5.74) is 5.44. The summed E-state index contributed by atoms with van der Waals surface area (Å²) in [6.07, 6.45) is -3.85. The van der Waals surface area contributed by atoms with Gasteiger partial charge in [-0.25, -0.2) is 4.79 Å². The number of hydrogen-bond acceptors (Lipinski definition) is 6. The maximum Gasteiger partial charge on any atom is 0.323 e. The predicted molar refractivity (Wildman–Crippen MR) is 66.2 cm³/mol. The number of aliphatic imine (C=N–C) groups is 1. The van der Waals surface area contributed by atoms with E-state index in [1.807, 2.05) is 6.92 Å². The Morgan fingerprint density at radius 1 is 1.42 bits per heavy atom. The normalized spacial score (nSPS) is 31.3. The van der Waals surface area contributed by atoms with Crippen molar-refractivity contribution in [3.05, 3.63) is 0 Å². The highest BCUT2D eigenvalue weighted by Crippen LogP contribution is 2.18. The van der Waals surface area contributed by atoms with E-state index in [-0.39, 0.29) is 5.96 Å². The highest BCUT2D eigenvalue weighted by molar-refractivity contribution is 5.95. The molecule has 9 nitrogen and oxygen atoms in total. The first-order valence-corrected chi connectivity index (χ1v) is 5.99. The van der Waals surface area contributed by atoms with Crippen LogP contribution in [-0.2, 0) is 4.74 Å². The molecule has 0 spiro atoms. The molecule has 2 amide bonds. The third kappa shape index (κ3) is 4.31. The third-order valence-electron chi connectivity index (χ3n) is 2.56. The molecule has 0 radical (unpaired) electrons. The molecule has 0 unspecified atom stereocenters. The Hall–Kier alpha value is -1.42. The SMILES string of the molecule is CCCN=C(N)NC(=O)N[C@@H]1O[C@H](CO)[C@@H](O)[C@H]1O. The van der Waals surface area contributed by atoms with E-state index < -0.39 is 37.2 Å². The molecule has 0 aliphatic carbocycles. The van der Waals surface area contributed by atoms with Crippen molar-refractivity contribution in [1.82, 2.24) is 10.6 Å². The molecule has 19 heavy (non-hydrogen) atoms. The molecule has 4 atom stereocenters. The maximum atomic E-state index is 11.5. The average molecular weight is 276 g/mol. The van der Waals surface area contributed by atoms with Crippen molar-refractivity contribution in [2.75, 3.05) is 13.2 Å². The highest BCUT2D eigenvalue weighted by atomic mass is 16.6. The van der Waals surface area contributed by atoms with Gasteiger partial charge >= 0.3 is 6.03 Å². The van der Waals surface area contributed by atoms with Crippen LogP contribution in [-0.4, -0.2) is 65.0 Å². The molecule has 110 valence electrons. The molecule has 1 rings (SSSR count). The summed E-state index contributed by atoms with van der Waals surface area (Å²) < 4.78 is 5.07. The Morgan fingerprint density at radius 3 is 2.63 bits per heavy atom. The number of carbonyl (C=O) groups excluding carboxylic acids is 1. The topological polar surface area (TPSA) is 149 Å². The van der Waals surface area contributed by atoms with Crippen molar-refractivity contribution < 1.29 is 24.9 Å². The molecule has 0 bridgehead atoms. The van der Waals surface area contributed by atoms with Gasteiger partial charge in [-0.2, -0.15) is 0 Å². The lowest BCUT2D eigenvalue weighted by atomic mass is 10.1. The number of urea groups is 1. The van der Waals surface area contributed by atoms with E-state index in [1.54, 1.807) is 0 Å². The van der Waals surface area contributed by atoms with E-state index in [9.17, 15) is 15.0 Å². The zero-order valence-corrected chi connectivity index (χ0v) is 10.6. The second kappa shape index (κ2) is 7.24. The summed E-state index contributed by atoms with van der Waals surface area (Å²) in [5.74, 6) is -0.0499. The Kier molecular flexibility index (Phi) is 5.96. The van der Waals surface area contributed by atoms with E-state index in [2.05, 4.69) is 15.6 Å². The van der Waals surface area contributed by atoms with Crippen LogP contribution < -0.4 is 16.4 Å². The lowest BCUT2D eigenvalue weighted by Crippen LogP contribution is -2.50. The summed E-state index contributed by atoms with van der Waals surface area (Å²) in [5, 5.41) is 32.5. The van der Waals surface area contributed by atoms with Crippen molar-refractivity contribution >= 4 is 12.0 Å². The van der Waals surface area contributed by atoms with Gasteiger partial charge in [0.15, 0.2) is 12.2 Å². The molecular weight excluding hydrogens is 256 g/mol. The average Bonchev–Trinajstić information content (AvgIpc) is 2.64. The van der Waals surface area contributed by atoms with Gasteiger partial charge < -0.3 is 31.1 Å². The van der Waals surface area contributed by atoms with Crippen LogP contribution in [0.4, 0.5) is 4.79 Å². The van der Waals surface area contributed by atoms with Gasteiger partial charge in [0.05, 0.1) is 6.61 Å². The van der Waals surface area contributed by atoms with Crippen LogP contribution in [0.1, 0.15) is 13.3 Å². The summed E-state index contributed by atoms with van der Waals surface area (Å²) >= 11 is 0. The number of hydrogen-bond donors (Lipinski definition) is 6. The summed E-state index contributed by atoms with van der Waals surface area (Å²) in [6, 6.07) is -0.716. The largest absolute Gasteiger partial charge is 0.394 e. The van der Waals surface area contributed by atoms with Crippen LogP contribution in [0.25, 0.3) is 0 Å². The van der Waals surface area contributed by atoms with Gasteiger partial charge in [0.1, 0.15) is 18.3 Å². The number of nitrogens with zero attached hydrogens (tertiary/aromatic N) is 1. The molecule has 1 aliphatic heterocycles. The molecule has 7 N–H and O–H groups in total. The monoisotopic (exact) mass is 276 g/mol. The zero-order valence-electron chi connectivity index (χ0n) is 10.6. The molecule has 1 fully saturated rings. The lowest BCUT2D eigenvalue weighted by Gasteiger charge is -2.16. The Morgan fingerprint density at radius 2 is 2.11 bits per heavy atom. The van der Waals surface area contributed by atoms with Crippen molar-refractivity contribution in [3.63, 3.8) is 0 Å². The lowest BCUT2D eigenvalue weighted by molar-refractivity contribution is -0.0283. The zero-order chi connectivity index (χ0) is 14.4. The fraction of sp³-hybridized carbons (Fsp3) is 0.800. The van der Waals surface area contributed by atoms with Crippen molar-refractivity contribution in [2.45, 2.75) is 37.9 Å². The number of aliphatic hydroxyl groups is 3. The molecule has 0 aromatic heterocycles.